The Kier molecular flexibility index (Phi) is 4.89. The third-order valence-corrected chi connectivity index (χ3v) is 4.08. The van der Waals surface area contributed by atoms with Crippen molar-refractivity contribution in [3.8, 4) is 0 Å². The summed E-state index contributed by atoms with van der Waals surface area (Å²) in [6, 6.07) is 7.20. The monoisotopic (exact) mass is 269 g/mol. The van der Waals surface area contributed by atoms with Gasteiger partial charge >= 0.3 is 0 Å². The van der Waals surface area contributed by atoms with Crippen molar-refractivity contribution in [2.75, 3.05) is 31.1 Å². The summed E-state index contributed by atoms with van der Waals surface area (Å²) in [5.74, 6) is 2.56. The average Bonchev–Trinajstić information content (AvgIpc) is 2.37. The van der Waals surface area contributed by atoms with Crippen LogP contribution in [0.2, 0.25) is 5.02 Å². The molecular formula is C13H16ClNOS. The summed E-state index contributed by atoms with van der Waals surface area (Å²) in [6.45, 7) is 3.08. The Morgan fingerprint density at radius 2 is 2.12 bits per heavy atom. The number of carbonyl (C=O) groups excluding carboxylic acids is 1. The molecule has 1 aromatic carbocycles. The van der Waals surface area contributed by atoms with Crippen LogP contribution in [0.4, 0.5) is 0 Å². The summed E-state index contributed by atoms with van der Waals surface area (Å²) >= 11 is 7.86. The van der Waals surface area contributed by atoms with Crippen molar-refractivity contribution < 1.29 is 4.79 Å². The molecule has 1 aliphatic heterocycles. The fourth-order valence-electron chi connectivity index (χ4n) is 1.89. The molecule has 0 aromatic heterocycles. The maximum atomic E-state index is 11.9. The van der Waals surface area contributed by atoms with Gasteiger partial charge in [0.05, 0.1) is 0 Å². The van der Waals surface area contributed by atoms with Gasteiger partial charge in [-0.15, -0.1) is 0 Å². The fourth-order valence-corrected chi connectivity index (χ4v) is 3.06. The highest BCUT2D eigenvalue weighted by Crippen LogP contribution is 2.14. The Morgan fingerprint density at radius 1 is 1.35 bits per heavy atom. The lowest BCUT2D eigenvalue weighted by Crippen LogP contribution is -2.34. The summed E-state index contributed by atoms with van der Waals surface area (Å²) in [7, 11) is 0. The largest absolute Gasteiger partial charge is 0.301 e. The van der Waals surface area contributed by atoms with Gasteiger partial charge in [-0.3, -0.25) is 4.79 Å². The summed E-state index contributed by atoms with van der Waals surface area (Å²) in [5.41, 5.74) is 0.726. The van der Waals surface area contributed by atoms with E-state index >= 15 is 0 Å². The first-order valence-electron chi connectivity index (χ1n) is 5.84. The van der Waals surface area contributed by atoms with Gasteiger partial charge in [-0.1, -0.05) is 23.7 Å². The first-order valence-corrected chi connectivity index (χ1v) is 7.38. The Hall–Kier alpha value is -0.510. The summed E-state index contributed by atoms with van der Waals surface area (Å²) in [6.07, 6.45) is 0.588. The van der Waals surface area contributed by atoms with Crippen LogP contribution in [0.15, 0.2) is 24.3 Å². The lowest BCUT2D eigenvalue weighted by Gasteiger charge is -2.25. The maximum absolute atomic E-state index is 11.9. The van der Waals surface area contributed by atoms with Crippen LogP contribution in [0.3, 0.4) is 0 Å². The van der Waals surface area contributed by atoms with Crippen molar-refractivity contribution in [2.24, 2.45) is 0 Å². The quantitative estimate of drug-likeness (QED) is 0.784. The Bertz CT molecular complexity index is 391. The lowest BCUT2D eigenvalue weighted by molar-refractivity contribution is 0.0966. The van der Waals surface area contributed by atoms with E-state index in [1.165, 1.54) is 11.5 Å². The third-order valence-electron chi connectivity index (χ3n) is 2.91. The normalized spacial score (nSPS) is 17.0. The Labute approximate surface area is 111 Å². The molecule has 0 unspecified atom stereocenters. The molecule has 17 heavy (non-hydrogen) atoms. The second kappa shape index (κ2) is 6.43. The lowest BCUT2D eigenvalue weighted by atomic mass is 10.1. The summed E-state index contributed by atoms with van der Waals surface area (Å²) in [5, 5.41) is 0.630. The van der Waals surface area contributed by atoms with Gasteiger partial charge in [0.2, 0.25) is 0 Å². The molecular weight excluding hydrogens is 254 g/mol. The van der Waals surface area contributed by atoms with Crippen LogP contribution in [-0.2, 0) is 0 Å². The molecule has 1 aromatic rings. The number of ketones is 1. The van der Waals surface area contributed by atoms with Crippen molar-refractivity contribution >= 4 is 29.1 Å². The molecule has 92 valence electrons. The molecule has 0 saturated carbocycles. The van der Waals surface area contributed by atoms with Gasteiger partial charge in [-0.25, -0.2) is 0 Å². The molecule has 0 amide bonds. The van der Waals surface area contributed by atoms with Gasteiger partial charge in [0.1, 0.15) is 0 Å². The third kappa shape index (κ3) is 4.02. The first-order chi connectivity index (χ1) is 8.25. The molecule has 1 saturated heterocycles. The standard InChI is InChI=1S/C13H16ClNOS/c14-12-3-1-2-11(10-12)13(16)4-5-15-6-8-17-9-7-15/h1-3,10H,4-9H2. The number of carbonyl (C=O) groups is 1. The predicted molar refractivity (Wildman–Crippen MR) is 74.2 cm³/mol. The van der Waals surface area contributed by atoms with E-state index in [4.69, 9.17) is 11.6 Å². The summed E-state index contributed by atoms with van der Waals surface area (Å²) < 4.78 is 0. The van der Waals surface area contributed by atoms with E-state index in [2.05, 4.69) is 4.90 Å². The zero-order valence-electron chi connectivity index (χ0n) is 9.69. The minimum atomic E-state index is 0.186. The van der Waals surface area contributed by atoms with Crippen molar-refractivity contribution in [3.63, 3.8) is 0 Å². The fraction of sp³-hybridized carbons (Fsp3) is 0.462. The van der Waals surface area contributed by atoms with Gasteiger partial charge in [0.25, 0.3) is 0 Å². The molecule has 4 heteroatoms. The minimum Gasteiger partial charge on any atom is -0.301 e. The highest BCUT2D eigenvalue weighted by Gasteiger charge is 2.12. The number of nitrogens with zero attached hydrogens (tertiary/aromatic N) is 1. The van der Waals surface area contributed by atoms with Crippen LogP contribution in [0.25, 0.3) is 0 Å². The van der Waals surface area contributed by atoms with Crippen LogP contribution < -0.4 is 0 Å². The van der Waals surface area contributed by atoms with Gasteiger partial charge in [-0.05, 0) is 12.1 Å². The Morgan fingerprint density at radius 3 is 2.82 bits per heavy atom. The molecule has 0 aliphatic carbocycles. The molecule has 0 radical (unpaired) electrons. The number of hydrogen-bond acceptors (Lipinski definition) is 3. The number of thioether (sulfide) groups is 1. The second-order valence-corrected chi connectivity index (χ2v) is 5.80. The number of hydrogen-bond donors (Lipinski definition) is 0. The number of halogens is 1. The van der Waals surface area contributed by atoms with E-state index < -0.39 is 0 Å². The van der Waals surface area contributed by atoms with Crippen molar-refractivity contribution in [1.29, 1.82) is 0 Å². The van der Waals surface area contributed by atoms with Crippen molar-refractivity contribution in [3.05, 3.63) is 34.9 Å². The van der Waals surface area contributed by atoms with Gasteiger partial charge in [0, 0.05) is 48.1 Å². The highest BCUT2D eigenvalue weighted by molar-refractivity contribution is 7.99. The van der Waals surface area contributed by atoms with Crippen molar-refractivity contribution in [2.45, 2.75) is 6.42 Å². The van der Waals surface area contributed by atoms with E-state index in [0.29, 0.717) is 11.4 Å². The summed E-state index contributed by atoms with van der Waals surface area (Å²) in [4.78, 5) is 14.3. The number of Topliss-reactive ketones (excluding diaryl/α,β-unsaturated/α-hetero) is 1. The number of benzene rings is 1. The predicted octanol–water partition coefficient (Wildman–Crippen LogP) is 2.96. The van der Waals surface area contributed by atoms with Crippen LogP contribution in [0, 0.1) is 0 Å². The van der Waals surface area contributed by atoms with Gasteiger partial charge in [-0.2, -0.15) is 11.8 Å². The van der Waals surface area contributed by atoms with Crippen LogP contribution in [0.5, 0.6) is 0 Å². The molecule has 0 atom stereocenters. The molecule has 0 bridgehead atoms. The highest BCUT2D eigenvalue weighted by atomic mass is 35.5. The van der Waals surface area contributed by atoms with E-state index in [1.54, 1.807) is 12.1 Å². The molecule has 2 nitrogen and oxygen atoms in total. The molecule has 1 aliphatic rings. The zero-order chi connectivity index (χ0) is 12.1. The molecule has 1 fully saturated rings. The van der Waals surface area contributed by atoms with E-state index in [-0.39, 0.29) is 5.78 Å². The van der Waals surface area contributed by atoms with Gasteiger partial charge in [0.15, 0.2) is 5.78 Å². The Balaban J connectivity index is 1.84. The second-order valence-electron chi connectivity index (χ2n) is 4.14. The van der Waals surface area contributed by atoms with E-state index in [1.807, 2.05) is 23.9 Å². The maximum Gasteiger partial charge on any atom is 0.164 e. The van der Waals surface area contributed by atoms with Crippen LogP contribution in [-0.4, -0.2) is 41.8 Å². The van der Waals surface area contributed by atoms with Crippen LogP contribution in [0.1, 0.15) is 16.8 Å². The van der Waals surface area contributed by atoms with E-state index in [9.17, 15) is 4.79 Å². The van der Waals surface area contributed by atoms with E-state index in [0.717, 1.165) is 25.2 Å². The average molecular weight is 270 g/mol. The SMILES string of the molecule is O=C(CCN1CCSCC1)c1cccc(Cl)c1. The molecule has 0 spiro atoms. The topological polar surface area (TPSA) is 20.3 Å². The molecule has 1 heterocycles. The van der Waals surface area contributed by atoms with Gasteiger partial charge < -0.3 is 4.90 Å². The molecule has 0 N–H and O–H groups in total. The van der Waals surface area contributed by atoms with Crippen LogP contribution >= 0.6 is 23.4 Å². The zero-order valence-corrected chi connectivity index (χ0v) is 11.3. The number of rotatable bonds is 4. The molecule has 2 rings (SSSR count). The smallest absolute Gasteiger partial charge is 0.164 e. The first kappa shape index (κ1) is 12.9. The minimum absolute atomic E-state index is 0.186. The van der Waals surface area contributed by atoms with Crippen molar-refractivity contribution in [1.82, 2.24) is 4.90 Å².